The van der Waals surface area contributed by atoms with Gasteiger partial charge < -0.3 is 40.3 Å². The Kier molecular flexibility index (Phi) is 35.2. The second kappa shape index (κ2) is 37.2. The normalized spacial score (nSPS) is 21.3. The Balaban J connectivity index is 2.31. The first-order chi connectivity index (χ1) is 26.8. The van der Waals surface area contributed by atoms with Crippen molar-refractivity contribution in [2.24, 2.45) is 0 Å². The van der Waals surface area contributed by atoms with Crippen molar-refractivity contribution in [2.45, 2.75) is 262 Å². The molecule has 0 aromatic rings. The number of nitrogens with one attached hydrogen (secondary N) is 1. The number of carbonyl (C=O) groups is 1. The van der Waals surface area contributed by atoms with Gasteiger partial charge in [-0.25, -0.2) is 0 Å². The summed E-state index contributed by atoms with van der Waals surface area (Å²) in [6.45, 7) is 3.78. The molecular formula is C46H89NO8. The molecule has 1 saturated heterocycles. The molecule has 0 aromatic heterocycles. The monoisotopic (exact) mass is 784 g/mol. The molecule has 0 bridgehead atoms. The first kappa shape index (κ1) is 51.9. The van der Waals surface area contributed by atoms with Crippen LogP contribution in [0, 0.1) is 0 Å². The molecule has 0 saturated carbocycles. The molecule has 1 amide bonds. The summed E-state index contributed by atoms with van der Waals surface area (Å²) in [6, 6.07) is -0.797. The van der Waals surface area contributed by atoms with Gasteiger partial charge in [0.2, 0.25) is 5.91 Å². The maximum Gasteiger partial charge on any atom is 0.220 e. The third-order valence-electron chi connectivity index (χ3n) is 11.4. The van der Waals surface area contributed by atoms with Gasteiger partial charge in [-0.15, -0.1) is 0 Å². The fourth-order valence-electron chi connectivity index (χ4n) is 7.57. The van der Waals surface area contributed by atoms with Crippen molar-refractivity contribution < 1.29 is 39.8 Å². The van der Waals surface area contributed by atoms with E-state index in [1.807, 2.05) is 6.08 Å². The van der Waals surface area contributed by atoms with Crippen LogP contribution in [0.3, 0.4) is 0 Å². The van der Waals surface area contributed by atoms with Gasteiger partial charge in [-0.3, -0.25) is 4.79 Å². The second-order valence-electron chi connectivity index (χ2n) is 16.6. The van der Waals surface area contributed by atoms with E-state index in [4.69, 9.17) is 9.47 Å². The van der Waals surface area contributed by atoms with E-state index in [1.54, 1.807) is 6.08 Å². The number of amides is 1. The lowest BCUT2D eigenvalue weighted by Crippen LogP contribution is -2.60. The highest BCUT2D eigenvalue weighted by Crippen LogP contribution is 2.23. The van der Waals surface area contributed by atoms with Crippen molar-refractivity contribution in [1.82, 2.24) is 5.32 Å². The van der Waals surface area contributed by atoms with Crippen LogP contribution in [0.25, 0.3) is 0 Å². The maximum absolute atomic E-state index is 12.9. The minimum atomic E-state index is -1.56. The molecular weight excluding hydrogens is 695 g/mol. The first-order valence-corrected chi connectivity index (χ1v) is 23.4. The Hall–Kier alpha value is -1.07. The van der Waals surface area contributed by atoms with E-state index >= 15 is 0 Å². The minimum absolute atomic E-state index is 0.174. The van der Waals surface area contributed by atoms with Gasteiger partial charge in [-0.05, 0) is 19.3 Å². The van der Waals surface area contributed by atoms with Crippen LogP contribution in [-0.4, -0.2) is 87.5 Å². The predicted octanol–water partition coefficient (Wildman–Crippen LogP) is 9.73. The summed E-state index contributed by atoms with van der Waals surface area (Å²) in [5.41, 5.74) is 0. The Labute approximate surface area is 337 Å². The molecule has 1 heterocycles. The number of aliphatic hydroxyl groups excluding tert-OH is 5. The van der Waals surface area contributed by atoms with Gasteiger partial charge in [0.15, 0.2) is 6.29 Å². The van der Waals surface area contributed by atoms with Gasteiger partial charge in [0, 0.05) is 6.42 Å². The van der Waals surface area contributed by atoms with Crippen molar-refractivity contribution in [3.05, 3.63) is 12.2 Å². The summed E-state index contributed by atoms with van der Waals surface area (Å²) < 4.78 is 11.2. The molecule has 9 heteroatoms. The molecule has 55 heavy (non-hydrogen) atoms. The van der Waals surface area contributed by atoms with Crippen LogP contribution in [0.15, 0.2) is 12.2 Å². The van der Waals surface area contributed by atoms with Gasteiger partial charge in [0.05, 0.1) is 25.4 Å². The highest BCUT2D eigenvalue weighted by Gasteiger charge is 2.44. The van der Waals surface area contributed by atoms with Crippen molar-refractivity contribution in [3.63, 3.8) is 0 Å². The van der Waals surface area contributed by atoms with Crippen LogP contribution in [-0.2, 0) is 14.3 Å². The van der Waals surface area contributed by atoms with Crippen molar-refractivity contribution in [2.75, 3.05) is 13.2 Å². The highest BCUT2D eigenvalue weighted by atomic mass is 16.7. The quantitative estimate of drug-likeness (QED) is 0.0267. The average Bonchev–Trinajstić information content (AvgIpc) is 3.18. The van der Waals surface area contributed by atoms with Crippen molar-refractivity contribution in [1.29, 1.82) is 0 Å². The topological polar surface area (TPSA) is 149 Å². The lowest BCUT2D eigenvalue weighted by atomic mass is 9.99. The van der Waals surface area contributed by atoms with E-state index in [1.165, 1.54) is 161 Å². The van der Waals surface area contributed by atoms with Crippen molar-refractivity contribution >= 4 is 5.91 Å². The van der Waals surface area contributed by atoms with Crippen LogP contribution < -0.4 is 5.32 Å². The first-order valence-electron chi connectivity index (χ1n) is 23.4. The zero-order valence-electron chi connectivity index (χ0n) is 35.7. The van der Waals surface area contributed by atoms with Gasteiger partial charge in [-0.1, -0.05) is 206 Å². The van der Waals surface area contributed by atoms with Crippen LogP contribution in [0.1, 0.15) is 219 Å². The Bertz CT molecular complexity index is 873. The third kappa shape index (κ3) is 28.1. The summed E-state index contributed by atoms with van der Waals surface area (Å²) in [5.74, 6) is -0.174. The minimum Gasteiger partial charge on any atom is -0.394 e. The van der Waals surface area contributed by atoms with Gasteiger partial charge >= 0.3 is 0 Å². The Morgan fingerprint density at radius 3 is 1.42 bits per heavy atom. The molecule has 0 aliphatic carbocycles. The van der Waals surface area contributed by atoms with Crippen LogP contribution in [0.4, 0.5) is 0 Å². The molecule has 6 N–H and O–H groups in total. The fraction of sp³-hybridized carbons (Fsp3) is 0.935. The number of rotatable bonds is 39. The molecule has 1 aliphatic heterocycles. The van der Waals surface area contributed by atoms with E-state index < -0.39 is 49.5 Å². The summed E-state index contributed by atoms with van der Waals surface area (Å²) in [6.07, 6.45) is 35.4. The summed E-state index contributed by atoms with van der Waals surface area (Å²) in [7, 11) is 0. The lowest BCUT2D eigenvalue weighted by molar-refractivity contribution is -0.302. The molecule has 1 rings (SSSR count). The molecule has 0 unspecified atom stereocenters. The lowest BCUT2D eigenvalue weighted by Gasteiger charge is -2.40. The molecule has 0 spiro atoms. The third-order valence-corrected chi connectivity index (χ3v) is 11.4. The number of hydrogen-bond donors (Lipinski definition) is 6. The number of hydrogen-bond acceptors (Lipinski definition) is 8. The largest absolute Gasteiger partial charge is 0.394 e. The number of allylic oxidation sites excluding steroid dienone is 1. The van der Waals surface area contributed by atoms with E-state index in [9.17, 15) is 30.3 Å². The number of aliphatic hydroxyl groups is 5. The number of carbonyl (C=O) groups excluding carboxylic acids is 1. The molecule has 0 radical (unpaired) electrons. The highest BCUT2D eigenvalue weighted by molar-refractivity contribution is 5.76. The zero-order valence-corrected chi connectivity index (χ0v) is 35.7. The van der Waals surface area contributed by atoms with Gasteiger partial charge in [-0.2, -0.15) is 0 Å². The average molecular weight is 784 g/mol. The van der Waals surface area contributed by atoms with E-state index in [0.717, 1.165) is 38.5 Å². The molecule has 7 atom stereocenters. The van der Waals surface area contributed by atoms with Gasteiger partial charge in [0.1, 0.15) is 24.4 Å². The molecule has 326 valence electrons. The second-order valence-corrected chi connectivity index (χ2v) is 16.6. The fourth-order valence-corrected chi connectivity index (χ4v) is 7.57. The molecule has 1 fully saturated rings. The maximum atomic E-state index is 12.9. The van der Waals surface area contributed by atoms with E-state index in [0.29, 0.717) is 6.42 Å². The van der Waals surface area contributed by atoms with E-state index in [2.05, 4.69) is 19.2 Å². The SMILES string of the molecule is CCCCCCCCCCCCCC=C[C@@H](O)[C@H](CO[C@@H]1O[C@H](CO)[C@@H](O)[C@H](O)[C@H]1O)NC(=O)CCCCCCCCCCCCCCCCCCCCC. The molecule has 0 aromatic carbocycles. The Morgan fingerprint density at radius 2 is 1.00 bits per heavy atom. The van der Waals surface area contributed by atoms with E-state index in [-0.39, 0.29) is 12.5 Å². The molecule has 9 nitrogen and oxygen atoms in total. The zero-order chi connectivity index (χ0) is 40.2. The number of unbranched alkanes of at least 4 members (excludes halogenated alkanes) is 29. The predicted molar refractivity (Wildman–Crippen MR) is 226 cm³/mol. The van der Waals surface area contributed by atoms with Crippen molar-refractivity contribution in [3.8, 4) is 0 Å². The van der Waals surface area contributed by atoms with Crippen LogP contribution >= 0.6 is 0 Å². The summed E-state index contributed by atoms with van der Waals surface area (Å²) >= 11 is 0. The summed E-state index contributed by atoms with van der Waals surface area (Å²) in [5, 5.41) is 54.2. The Morgan fingerprint density at radius 1 is 0.600 bits per heavy atom. The smallest absolute Gasteiger partial charge is 0.220 e. The standard InChI is InChI=1S/C46H89NO8/c1-3-5-7-9-11-13-15-17-18-19-20-21-22-24-26-28-30-32-34-36-42(50)47-39(38-54-46-45(53)44(52)43(51)41(37-48)55-46)40(49)35-33-31-29-27-25-23-16-14-12-10-8-6-4-2/h33,35,39-41,43-46,48-49,51-53H,3-32,34,36-38H2,1-2H3,(H,47,50)/t39-,40+,41+,43+,44-,45+,46+/m0/s1. The summed E-state index contributed by atoms with van der Waals surface area (Å²) in [4.78, 5) is 12.9. The van der Waals surface area contributed by atoms with Crippen LogP contribution in [0.2, 0.25) is 0 Å². The number of ether oxygens (including phenoxy) is 2. The molecule has 1 aliphatic rings. The van der Waals surface area contributed by atoms with Crippen LogP contribution in [0.5, 0.6) is 0 Å². The van der Waals surface area contributed by atoms with Gasteiger partial charge in [0.25, 0.3) is 0 Å².